The van der Waals surface area contributed by atoms with E-state index in [1.165, 1.54) is 0 Å². The monoisotopic (exact) mass is 450 g/mol. The number of hydrogen-bond acceptors (Lipinski definition) is 5. The van der Waals surface area contributed by atoms with E-state index in [0.717, 1.165) is 39.2 Å². The Kier molecular flexibility index (Phi) is 6.61. The van der Waals surface area contributed by atoms with E-state index in [2.05, 4.69) is 9.88 Å². The second-order valence-corrected chi connectivity index (χ2v) is 8.34. The third-order valence-electron chi connectivity index (χ3n) is 5.83. The highest BCUT2D eigenvalue weighted by Gasteiger charge is 2.25. The van der Waals surface area contributed by atoms with Crippen LogP contribution in [0.4, 0.5) is 5.82 Å². The van der Waals surface area contributed by atoms with Crippen LogP contribution in [-0.2, 0) is 6.42 Å². The lowest BCUT2D eigenvalue weighted by atomic mass is 10.0. The Bertz CT molecular complexity index is 1110. The van der Waals surface area contributed by atoms with E-state index in [-0.39, 0.29) is 5.91 Å². The molecule has 0 bridgehead atoms. The Morgan fingerprint density at radius 1 is 1.00 bits per heavy atom. The molecule has 0 unspecified atom stereocenters. The van der Waals surface area contributed by atoms with Gasteiger partial charge in [0, 0.05) is 54.4 Å². The Hall–Kier alpha value is -3.12. The number of methoxy groups -OCH3 is 1. The van der Waals surface area contributed by atoms with Gasteiger partial charge in [0.1, 0.15) is 17.4 Å². The molecule has 1 aromatic heterocycles. The number of piperazine rings is 1. The van der Waals surface area contributed by atoms with Crippen molar-refractivity contribution in [3.05, 3.63) is 81.8 Å². The van der Waals surface area contributed by atoms with Gasteiger partial charge in [-0.25, -0.2) is 9.97 Å². The number of halogens is 1. The molecule has 6 nitrogen and oxygen atoms in total. The number of ether oxygens (including phenoxy) is 1. The zero-order valence-corrected chi connectivity index (χ0v) is 19.4. The summed E-state index contributed by atoms with van der Waals surface area (Å²) in [4.78, 5) is 26.5. The summed E-state index contributed by atoms with van der Waals surface area (Å²) < 4.78 is 5.19. The van der Waals surface area contributed by atoms with Gasteiger partial charge in [-0.05, 0) is 49.7 Å². The van der Waals surface area contributed by atoms with Crippen LogP contribution >= 0.6 is 11.6 Å². The molecule has 0 atom stereocenters. The number of nitrogens with zero attached hydrogens (tertiary/aromatic N) is 4. The summed E-state index contributed by atoms with van der Waals surface area (Å²) in [5, 5.41) is 0.744. The number of benzene rings is 2. The minimum absolute atomic E-state index is 0.0404. The molecule has 166 valence electrons. The number of amides is 1. The molecule has 0 radical (unpaired) electrons. The first-order valence-electron chi connectivity index (χ1n) is 10.7. The Balaban J connectivity index is 1.51. The second-order valence-electron chi connectivity index (χ2n) is 7.93. The number of hydrogen-bond donors (Lipinski definition) is 0. The molecule has 7 heteroatoms. The van der Waals surface area contributed by atoms with Crippen LogP contribution in [0.25, 0.3) is 0 Å². The summed E-state index contributed by atoms with van der Waals surface area (Å²) >= 11 is 6.42. The van der Waals surface area contributed by atoms with Crippen molar-refractivity contribution in [3.63, 3.8) is 0 Å². The van der Waals surface area contributed by atoms with Gasteiger partial charge < -0.3 is 14.5 Å². The molecule has 0 spiro atoms. The summed E-state index contributed by atoms with van der Waals surface area (Å²) in [6.45, 7) is 6.64. The molecule has 1 aliphatic rings. The molecule has 3 aromatic rings. The molecule has 32 heavy (non-hydrogen) atoms. The lowest BCUT2D eigenvalue weighted by molar-refractivity contribution is 0.0746. The number of rotatable bonds is 5. The van der Waals surface area contributed by atoms with Crippen molar-refractivity contribution in [3.8, 4) is 5.75 Å². The molecule has 0 aliphatic carbocycles. The van der Waals surface area contributed by atoms with Crippen molar-refractivity contribution in [1.29, 1.82) is 0 Å². The molecular weight excluding hydrogens is 424 g/mol. The van der Waals surface area contributed by atoms with Crippen LogP contribution in [0.1, 0.15) is 33.0 Å². The smallest absolute Gasteiger partial charge is 0.253 e. The van der Waals surface area contributed by atoms with Gasteiger partial charge in [-0.1, -0.05) is 29.8 Å². The molecule has 1 amide bonds. The van der Waals surface area contributed by atoms with E-state index in [9.17, 15) is 4.79 Å². The van der Waals surface area contributed by atoms with Crippen LogP contribution in [0.3, 0.4) is 0 Å². The van der Waals surface area contributed by atoms with Crippen molar-refractivity contribution in [1.82, 2.24) is 14.9 Å². The van der Waals surface area contributed by atoms with E-state index in [0.29, 0.717) is 38.2 Å². The van der Waals surface area contributed by atoms with Crippen LogP contribution in [0.15, 0.2) is 48.5 Å². The van der Waals surface area contributed by atoms with E-state index in [4.69, 9.17) is 21.3 Å². The highest BCUT2D eigenvalue weighted by atomic mass is 35.5. The number of aryl methyl sites for hydroxylation is 2. The average molecular weight is 451 g/mol. The van der Waals surface area contributed by atoms with Crippen molar-refractivity contribution in [2.75, 3.05) is 38.2 Å². The molecule has 1 saturated heterocycles. The van der Waals surface area contributed by atoms with Crippen LogP contribution < -0.4 is 9.64 Å². The van der Waals surface area contributed by atoms with Gasteiger partial charge >= 0.3 is 0 Å². The van der Waals surface area contributed by atoms with Gasteiger partial charge in [0.25, 0.3) is 5.91 Å². The fourth-order valence-electron chi connectivity index (χ4n) is 4.06. The zero-order valence-electron chi connectivity index (χ0n) is 18.6. The number of anilines is 1. The maximum atomic E-state index is 12.9. The number of carbonyl (C=O) groups excluding carboxylic acids is 1. The number of aromatic nitrogens is 2. The zero-order chi connectivity index (χ0) is 22.7. The fraction of sp³-hybridized carbons (Fsp3) is 0.320. The van der Waals surface area contributed by atoms with Gasteiger partial charge in [-0.15, -0.1) is 0 Å². The van der Waals surface area contributed by atoms with Crippen LogP contribution in [0.2, 0.25) is 5.02 Å². The standard InChI is InChI=1S/C25H27ClN4O2/c1-17-22(16-20-6-4-5-7-23(20)26)24(28-18(2)27-17)29-12-14-30(15-13-29)25(31)19-8-10-21(32-3)11-9-19/h4-11H,12-16H2,1-3H3. The molecular formula is C25H27ClN4O2. The summed E-state index contributed by atoms with van der Waals surface area (Å²) in [7, 11) is 1.62. The van der Waals surface area contributed by atoms with Crippen LogP contribution in [0.5, 0.6) is 5.75 Å². The first-order valence-corrected chi connectivity index (χ1v) is 11.1. The summed E-state index contributed by atoms with van der Waals surface area (Å²) in [5.74, 6) is 2.47. The quantitative estimate of drug-likeness (QED) is 0.579. The van der Waals surface area contributed by atoms with Crippen molar-refractivity contribution < 1.29 is 9.53 Å². The second kappa shape index (κ2) is 9.57. The summed E-state index contributed by atoms with van der Waals surface area (Å²) in [6, 6.07) is 15.1. The largest absolute Gasteiger partial charge is 0.497 e. The van der Waals surface area contributed by atoms with Gasteiger partial charge in [0.2, 0.25) is 0 Å². The summed E-state index contributed by atoms with van der Waals surface area (Å²) in [6.07, 6.45) is 0.673. The third kappa shape index (κ3) is 4.70. The molecule has 1 fully saturated rings. The maximum Gasteiger partial charge on any atom is 0.253 e. The predicted octanol–water partition coefficient (Wildman–Crippen LogP) is 4.31. The Morgan fingerprint density at radius 2 is 1.69 bits per heavy atom. The topological polar surface area (TPSA) is 58.6 Å². The molecule has 2 aromatic carbocycles. The fourth-order valence-corrected chi connectivity index (χ4v) is 4.26. The van der Waals surface area contributed by atoms with Crippen LogP contribution in [-0.4, -0.2) is 54.1 Å². The van der Waals surface area contributed by atoms with Gasteiger partial charge in [-0.3, -0.25) is 4.79 Å². The van der Waals surface area contributed by atoms with Gasteiger partial charge in [0.15, 0.2) is 0 Å². The predicted molar refractivity (Wildman–Crippen MR) is 127 cm³/mol. The lowest BCUT2D eigenvalue weighted by Gasteiger charge is -2.36. The number of carbonyl (C=O) groups is 1. The van der Waals surface area contributed by atoms with Crippen molar-refractivity contribution in [2.45, 2.75) is 20.3 Å². The summed E-state index contributed by atoms with van der Waals surface area (Å²) in [5.41, 5.74) is 3.77. The molecule has 4 rings (SSSR count). The maximum absolute atomic E-state index is 12.9. The van der Waals surface area contributed by atoms with Gasteiger partial charge in [-0.2, -0.15) is 0 Å². The molecule has 0 N–H and O–H groups in total. The first kappa shape index (κ1) is 22.1. The SMILES string of the molecule is COc1ccc(C(=O)N2CCN(c3nc(C)nc(C)c3Cc3ccccc3Cl)CC2)cc1. The van der Waals surface area contributed by atoms with Crippen LogP contribution in [0, 0.1) is 13.8 Å². The van der Waals surface area contributed by atoms with E-state index < -0.39 is 0 Å². The van der Waals surface area contributed by atoms with Crippen molar-refractivity contribution in [2.24, 2.45) is 0 Å². The molecule has 2 heterocycles. The first-order chi connectivity index (χ1) is 15.5. The lowest BCUT2D eigenvalue weighted by Crippen LogP contribution is -2.49. The highest BCUT2D eigenvalue weighted by Crippen LogP contribution is 2.28. The molecule has 1 aliphatic heterocycles. The Morgan fingerprint density at radius 3 is 2.34 bits per heavy atom. The van der Waals surface area contributed by atoms with E-state index in [1.807, 2.05) is 67.3 Å². The van der Waals surface area contributed by atoms with E-state index >= 15 is 0 Å². The minimum atomic E-state index is 0.0404. The van der Waals surface area contributed by atoms with Crippen molar-refractivity contribution >= 4 is 23.3 Å². The Labute approximate surface area is 193 Å². The van der Waals surface area contributed by atoms with Gasteiger partial charge in [0.05, 0.1) is 7.11 Å². The van der Waals surface area contributed by atoms with E-state index in [1.54, 1.807) is 7.11 Å². The minimum Gasteiger partial charge on any atom is -0.497 e. The highest BCUT2D eigenvalue weighted by molar-refractivity contribution is 6.31. The normalized spacial score (nSPS) is 13.9. The average Bonchev–Trinajstić information content (AvgIpc) is 2.81. The third-order valence-corrected chi connectivity index (χ3v) is 6.20. The molecule has 0 saturated carbocycles.